The maximum Gasteiger partial charge on any atom is 0.317 e. The molecule has 3 N–H and O–H groups in total. The van der Waals surface area contributed by atoms with E-state index in [4.69, 9.17) is 5.73 Å². The highest BCUT2D eigenvalue weighted by atomic mass is 16.2. The number of nitrogens with one attached hydrogen (secondary N) is 1. The van der Waals surface area contributed by atoms with Crippen LogP contribution in [0.25, 0.3) is 0 Å². The van der Waals surface area contributed by atoms with Gasteiger partial charge < -0.3 is 16.0 Å². The molecule has 3 rings (SSSR count). The number of carbonyl (C=O) groups is 2. The summed E-state index contributed by atoms with van der Waals surface area (Å²) in [6.45, 7) is 1.18. The fourth-order valence-electron chi connectivity index (χ4n) is 3.46. The first-order chi connectivity index (χ1) is 10.6. The molecule has 7 heteroatoms. The van der Waals surface area contributed by atoms with E-state index >= 15 is 0 Å². The highest BCUT2D eigenvalue weighted by Crippen LogP contribution is 2.29. The number of hydrogen-bond donors (Lipinski definition) is 2. The number of aromatic nitrogens is 2. The minimum Gasteiger partial charge on any atom is -0.369 e. The van der Waals surface area contributed by atoms with Gasteiger partial charge in [-0.3, -0.25) is 9.48 Å². The molecule has 120 valence electrons. The molecule has 0 spiro atoms. The van der Waals surface area contributed by atoms with Gasteiger partial charge in [-0.25, -0.2) is 4.79 Å². The van der Waals surface area contributed by atoms with E-state index in [-0.39, 0.29) is 23.9 Å². The number of amides is 3. The number of carbonyl (C=O) groups excluding carboxylic acids is 2. The van der Waals surface area contributed by atoms with E-state index in [1.54, 1.807) is 4.90 Å². The zero-order valence-electron chi connectivity index (χ0n) is 12.9. The molecular formula is C15H23N5O2. The highest BCUT2D eigenvalue weighted by Gasteiger charge is 2.29. The highest BCUT2D eigenvalue weighted by molar-refractivity contribution is 5.78. The van der Waals surface area contributed by atoms with Gasteiger partial charge in [-0.2, -0.15) is 5.10 Å². The van der Waals surface area contributed by atoms with Crippen molar-refractivity contribution in [3.8, 4) is 0 Å². The minimum absolute atomic E-state index is 0.0406. The predicted molar refractivity (Wildman–Crippen MR) is 80.9 cm³/mol. The summed E-state index contributed by atoms with van der Waals surface area (Å²) in [6, 6.07) is -0.0107. The van der Waals surface area contributed by atoms with Crippen LogP contribution in [-0.4, -0.2) is 39.7 Å². The Bertz CT molecular complexity index is 574. The smallest absolute Gasteiger partial charge is 0.317 e. The van der Waals surface area contributed by atoms with Gasteiger partial charge in [0.05, 0.1) is 12.2 Å². The molecular weight excluding hydrogens is 282 g/mol. The first-order valence-electron chi connectivity index (χ1n) is 7.92. The van der Waals surface area contributed by atoms with Crippen LogP contribution in [0.4, 0.5) is 4.79 Å². The molecule has 1 atom stereocenters. The molecule has 1 unspecified atom stereocenters. The van der Waals surface area contributed by atoms with E-state index in [1.807, 2.05) is 17.9 Å². The number of piperidine rings is 1. The van der Waals surface area contributed by atoms with Crippen molar-refractivity contribution < 1.29 is 9.59 Å². The van der Waals surface area contributed by atoms with Crippen LogP contribution in [0, 0.1) is 5.92 Å². The average Bonchev–Trinajstić information content (AvgIpc) is 2.90. The van der Waals surface area contributed by atoms with Crippen LogP contribution in [0.2, 0.25) is 0 Å². The van der Waals surface area contributed by atoms with Crippen molar-refractivity contribution in [1.29, 1.82) is 0 Å². The molecule has 0 bridgehead atoms. The second kappa shape index (κ2) is 5.98. The van der Waals surface area contributed by atoms with Gasteiger partial charge in [0.15, 0.2) is 0 Å². The summed E-state index contributed by atoms with van der Waals surface area (Å²) >= 11 is 0. The maximum absolute atomic E-state index is 12.4. The lowest BCUT2D eigenvalue weighted by molar-refractivity contribution is -0.123. The summed E-state index contributed by atoms with van der Waals surface area (Å²) in [5.74, 6) is -0.351. The molecule has 1 aromatic rings. The molecule has 2 aliphatic rings. The Morgan fingerprint density at radius 2 is 2.05 bits per heavy atom. The molecule has 1 aliphatic carbocycles. The van der Waals surface area contributed by atoms with Gasteiger partial charge >= 0.3 is 6.03 Å². The minimum atomic E-state index is -0.257. The van der Waals surface area contributed by atoms with Gasteiger partial charge in [0.25, 0.3) is 0 Å². The first kappa shape index (κ1) is 14.9. The van der Waals surface area contributed by atoms with Crippen LogP contribution in [0.1, 0.15) is 43.0 Å². The SMILES string of the molecule is Cn1ncc2c1CCCC2NC(=O)N1CCC(C(N)=O)CC1. The monoisotopic (exact) mass is 305 g/mol. The Balaban J connectivity index is 1.60. The van der Waals surface area contributed by atoms with Gasteiger partial charge in [-0.05, 0) is 32.1 Å². The molecule has 1 saturated heterocycles. The van der Waals surface area contributed by atoms with Gasteiger partial charge in [0, 0.05) is 37.3 Å². The zero-order valence-corrected chi connectivity index (χ0v) is 12.9. The number of likely N-dealkylation sites (tertiary alicyclic amines) is 1. The van der Waals surface area contributed by atoms with Gasteiger partial charge in [0.1, 0.15) is 0 Å². The summed E-state index contributed by atoms with van der Waals surface area (Å²) in [6.07, 6.45) is 6.20. The van der Waals surface area contributed by atoms with Gasteiger partial charge in [-0.1, -0.05) is 0 Å². The number of rotatable bonds is 2. The molecule has 0 radical (unpaired) electrons. The fourth-order valence-corrected chi connectivity index (χ4v) is 3.46. The molecule has 0 saturated carbocycles. The van der Waals surface area contributed by atoms with E-state index < -0.39 is 0 Å². The number of nitrogens with zero attached hydrogens (tertiary/aromatic N) is 3. The molecule has 1 fully saturated rings. The van der Waals surface area contributed by atoms with E-state index in [1.165, 1.54) is 5.69 Å². The van der Waals surface area contributed by atoms with E-state index in [9.17, 15) is 9.59 Å². The quantitative estimate of drug-likeness (QED) is 0.842. The van der Waals surface area contributed by atoms with Crippen LogP contribution in [0.15, 0.2) is 6.20 Å². The van der Waals surface area contributed by atoms with Crippen molar-refractivity contribution >= 4 is 11.9 Å². The van der Waals surface area contributed by atoms with Crippen LogP contribution < -0.4 is 11.1 Å². The molecule has 0 aromatic carbocycles. The van der Waals surface area contributed by atoms with Crippen molar-refractivity contribution in [2.24, 2.45) is 18.7 Å². The van der Waals surface area contributed by atoms with Crippen molar-refractivity contribution in [2.45, 2.75) is 38.1 Å². The van der Waals surface area contributed by atoms with Crippen LogP contribution in [0.3, 0.4) is 0 Å². The molecule has 22 heavy (non-hydrogen) atoms. The number of hydrogen-bond acceptors (Lipinski definition) is 3. The molecule has 2 heterocycles. The second-order valence-electron chi connectivity index (χ2n) is 6.23. The summed E-state index contributed by atoms with van der Waals surface area (Å²) in [4.78, 5) is 25.4. The summed E-state index contributed by atoms with van der Waals surface area (Å²) in [5, 5.41) is 7.42. The Hall–Kier alpha value is -2.05. The molecule has 7 nitrogen and oxygen atoms in total. The van der Waals surface area contributed by atoms with Gasteiger partial charge in [0.2, 0.25) is 5.91 Å². The van der Waals surface area contributed by atoms with E-state index in [0.29, 0.717) is 25.9 Å². The normalized spacial score (nSPS) is 22.2. The standard InChI is InChI=1S/C15H23N5O2/c1-19-13-4-2-3-12(11(13)9-17-19)18-15(22)20-7-5-10(6-8-20)14(16)21/h9-10,12H,2-8H2,1H3,(H2,16,21)(H,18,22). The largest absolute Gasteiger partial charge is 0.369 e. The number of nitrogens with two attached hydrogens (primary N) is 1. The maximum atomic E-state index is 12.4. The zero-order chi connectivity index (χ0) is 15.7. The lowest BCUT2D eigenvalue weighted by Gasteiger charge is -2.33. The third kappa shape index (κ3) is 2.80. The molecule has 1 aromatic heterocycles. The Kier molecular flexibility index (Phi) is 4.04. The van der Waals surface area contributed by atoms with Crippen molar-refractivity contribution in [2.75, 3.05) is 13.1 Å². The molecule has 1 aliphatic heterocycles. The summed E-state index contributed by atoms with van der Waals surface area (Å²) in [5.41, 5.74) is 7.67. The second-order valence-corrected chi connectivity index (χ2v) is 6.23. The third-order valence-corrected chi connectivity index (χ3v) is 4.86. The van der Waals surface area contributed by atoms with E-state index in [2.05, 4.69) is 10.4 Å². The predicted octanol–water partition coefficient (Wildman–Crippen LogP) is 0.704. The summed E-state index contributed by atoms with van der Waals surface area (Å²) in [7, 11) is 1.94. The topological polar surface area (TPSA) is 93.2 Å². The number of primary amides is 1. The number of aryl methyl sites for hydroxylation is 1. The van der Waals surface area contributed by atoms with Crippen molar-refractivity contribution in [3.63, 3.8) is 0 Å². The summed E-state index contributed by atoms with van der Waals surface area (Å²) < 4.78 is 1.89. The Labute approximate surface area is 129 Å². The average molecular weight is 305 g/mol. The lowest BCUT2D eigenvalue weighted by Crippen LogP contribution is -2.47. The van der Waals surface area contributed by atoms with Crippen molar-refractivity contribution in [1.82, 2.24) is 20.0 Å². The van der Waals surface area contributed by atoms with E-state index in [0.717, 1.165) is 24.8 Å². The van der Waals surface area contributed by atoms with Crippen LogP contribution in [-0.2, 0) is 18.3 Å². The Morgan fingerprint density at radius 1 is 1.32 bits per heavy atom. The number of urea groups is 1. The lowest BCUT2D eigenvalue weighted by atomic mass is 9.93. The van der Waals surface area contributed by atoms with Crippen LogP contribution >= 0.6 is 0 Å². The van der Waals surface area contributed by atoms with Gasteiger partial charge in [-0.15, -0.1) is 0 Å². The number of fused-ring (bicyclic) bond motifs is 1. The third-order valence-electron chi connectivity index (χ3n) is 4.86. The first-order valence-corrected chi connectivity index (χ1v) is 7.92. The van der Waals surface area contributed by atoms with Crippen molar-refractivity contribution in [3.05, 3.63) is 17.5 Å². The fraction of sp³-hybridized carbons (Fsp3) is 0.667. The molecule has 3 amide bonds. The Morgan fingerprint density at radius 3 is 2.73 bits per heavy atom. The van der Waals surface area contributed by atoms with Crippen LogP contribution in [0.5, 0.6) is 0 Å².